The lowest BCUT2D eigenvalue weighted by Crippen LogP contribution is -2.25. The van der Waals surface area contributed by atoms with Crippen LogP contribution in [0.3, 0.4) is 0 Å². The molecular weight excluding hydrogens is 276 g/mol. The summed E-state index contributed by atoms with van der Waals surface area (Å²) in [4.78, 5) is 5.27. The van der Waals surface area contributed by atoms with E-state index in [4.69, 9.17) is 17.3 Å². The summed E-state index contributed by atoms with van der Waals surface area (Å²) in [6, 6.07) is 10.4. The Morgan fingerprint density at radius 2 is 2.11 bits per heavy atom. The second-order valence-electron chi connectivity index (χ2n) is 4.51. The van der Waals surface area contributed by atoms with Crippen molar-refractivity contribution in [2.75, 3.05) is 5.75 Å². The fourth-order valence-electron chi connectivity index (χ4n) is 1.83. The van der Waals surface area contributed by atoms with Gasteiger partial charge in [0.1, 0.15) is 0 Å². The molecule has 1 aromatic heterocycles. The first kappa shape index (κ1) is 14.4. The van der Waals surface area contributed by atoms with Crippen molar-refractivity contribution in [3.8, 4) is 0 Å². The fraction of sp³-hybridized carbons (Fsp3) is 0.267. The van der Waals surface area contributed by atoms with Crippen LogP contribution in [0.25, 0.3) is 0 Å². The molecule has 1 atom stereocenters. The number of pyridine rings is 1. The van der Waals surface area contributed by atoms with Gasteiger partial charge in [-0.2, -0.15) is 0 Å². The number of nitrogens with two attached hydrogens (primary N) is 1. The van der Waals surface area contributed by atoms with Gasteiger partial charge in [0.25, 0.3) is 0 Å². The van der Waals surface area contributed by atoms with Crippen molar-refractivity contribution in [2.45, 2.75) is 24.3 Å². The van der Waals surface area contributed by atoms with Crippen molar-refractivity contribution in [2.24, 2.45) is 5.73 Å². The number of halogens is 1. The van der Waals surface area contributed by atoms with Gasteiger partial charge in [-0.05, 0) is 36.6 Å². The van der Waals surface area contributed by atoms with Gasteiger partial charge < -0.3 is 5.73 Å². The Labute approximate surface area is 123 Å². The lowest BCUT2D eigenvalue weighted by Gasteiger charge is -2.13. The molecular formula is C15H17ClN2S. The molecule has 2 aromatic rings. The fourth-order valence-corrected chi connectivity index (χ4v) is 3.00. The van der Waals surface area contributed by atoms with Crippen LogP contribution in [0.2, 0.25) is 5.02 Å². The van der Waals surface area contributed by atoms with E-state index in [2.05, 4.69) is 36.2 Å². The Kier molecular flexibility index (Phi) is 5.25. The van der Waals surface area contributed by atoms with Crippen LogP contribution in [0.5, 0.6) is 0 Å². The monoisotopic (exact) mass is 292 g/mol. The highest BCUT2D eigenvalue weighted by Crippen LogP contribution is 2.23. The first-order valence-electron chi connectivity index (χ1n) is 6.19. The smallest absolute Gasteiger partial charge is 0.0621 e. The summed E-state index contributed by atoms with van der Waals surface area (Å²) in [5, 5.41) is 0.693. The molecule has 0 saturated heterocycles. The van der Waals surface area contributed by atoms with Crippen molar-refractivity contribution in [1.82, 2.24) is 4.98 Å². The van der Waals surface area contributed by atoms with Crippen molar-refractivity contribution in [3.63, 3.8) is 0 Å². The molecule has 0 aliphatic carbocycles. The number of aromatic nitrogens is 1. The SMILES string of the molecule is Cc1ccccc1SCC(N)Cc1ccncc1Cl. The highest BCUT2D eigenvalue weighted by Gasteiger charge is 2.08. The van der Waals surface area contributed by atoms with Crippen LogP contribution < -0.4 is 5.73 Å². The van der Waals surface area contributed by atoms with Crippen LogP contribution in [0, 0.1) is 6.92 Å². The molecule has 1 aromatic carbocycles. The Balaban J connectivity index is 1.90. The van der Waals surface area contributed by atoms with E-state index in [1.165, 1.54) is 10.5 Å². The second-order valence-corrected chi connectivity index (χ2v) is 5.98. The van der Waals surface area contributed by atoms with Gasteiger partial charge in [0.2, 0.25) is 0 Å². The van der Waals surface area contributed by atoms with Gasteiger partial charge in [0.05, 0.1) is 5.02 Å². The molecule has 0 saturated carbocycles. The van der Waals surface area contributed by atoms with E-state index in [1.54, 1.807) is 24.2 Å². The lowest BCUT2D eigenvalue weighted by molar-refractivity contribution is 0.748. The van der Waals surface area contributed by atoms with E-state index in [9.17, 15) is 0 Å². The predicted octanol–water partition coefficient (Wildman–Crippen LogP) is 3.71. The number of nitrogens with zero attached hydrogens (tertiary/aromatic N) is 1. The van der Waals surface area contributed by atoms with E-state index in [0.717, 1.165) is 17.7 Å². The van der Waals surface area contributed by atoms with Gasteiger partial charge in [-0.15, -0.1) is 11.8 Å². The summed E-state index contributed by atoms with van der Waals surface area (Å²) in [5.74, 6) is 0.878. The molecule has 4 heteroatoms. The number of hydrogen-bond donors (Lipinski definition) is 1. The van der Waals surface area contributed by atoms with Crippen LogP contribution in [0.1, 0.15) is 11.1 Å². The third kappa shape index (κ3) is 4.23. The van der Waals surface area contributed by atoms with Gasteiger partial charge in [-0.25, -0.2) is 0 Å². The molecule has 0 fully saturated rings. The zero-order chi connectivity index (χ0) is 13.7. The van der Waals surface area contributed by atoms with Crippen molar-refractivity contribution >= 4 is 23.4 Å². The van der Waals surface area contributed by atoms with Gasteiger partial charge in [0.15, 0.2) is 0 Å². The summed E-state index contributed by atoms with van der Waals surface area (Å²) in [6.45, 7) is 2.12. The molecule has 100 valence electrons. The molecule has 1 unspecified atom stereocenters. The largest absolute Gasteiger partial charge is 0.327 e. The summed E-state index contributed by atoms with van der Waals surface area (Å²) in [5.41, 5.74) is 8.53. The summed E-state index contributed by atoms with van der Waals surface area (Å²) >= 11 is 7.88. The molecule has 0 aliphatic heterocycles. The number of rotatable bonds is 5. The van der Waals surface area contributed by atoms with E-state index < -0.39 is 0 Å². The molecule has 0 bridgehead atoms. The van der Waals surface area contributed by atoms with Gasteiger partial charge in [0, 0.05) is 29.1 Å². The van der Waals surface area contributed by atoms with Crippen molar-refractivity contribution in [3.05, 3.63) is 58.9 Å². The van der Waals surface area contributed by atoms with Crippen LogP contribution in [0.4, 0.5) is 0 Å². The Bertz CT molecular complexity index is 545. The lowest BCUT2D eigenvalue weighted by atomic mass is 10.1. The van der Waals surface area contributed by atoms with Gasteiger partial charge >= 0.3 is 0 Å². The highest BCUT2D eigenvalue weighted by molar-refractivity contribution is 7.99. The van der Waals surface area contributed by atoms with E-state index in [-0.39, 0.29) is 6.04 Å². The zero-order valence-electron chi connectivity index (χ0n) is 10.8. The van der Waals surface area contributed by atoms with Crippen LogP contribution in [0.15, 0.2) is 47.6 Å². The molecule has 1 heterocycles. The van der Waals surface area contributed by atoms with Crippen molar-refractivity contribution < 1.29 is 0 Å². The Morgan fingerprint density at radius 3 is 2.84 bits per heavy atom. The molecule has 0 amide bonds. The maximum absolute atomic E-state index is 6.17. The number of thioether (sulfide) groups is 1. The van der Waals surface area contributed by atoms with Crippen LogP contribution in [-0.4, -0.2) is 16.8 Å². The van der Waals surface area contributed by atoms with Crippen LogP contribution >= 0.6 is 23.4 Å². The minimum atomic E-state index is 0.0875. The molecule has 0 spiro atoms. The molecule has 2 rings (SSSR count). The quantitative estimate of drug-likeness (QED) is 0.854. The van der Waals surface area contributed by atoms with Crippen molar-refractivity contribution in [1.29, 1.82) is 0 Å². The van der Waals surface area contributed by atoms with E-state index in [0.29, 0.717) is 5.02 Å². The average molecular weight is 293 g/mol. The van der Waals surface area contributed by atoms with Gasteiger partial charge in [-0.1, -0.05) is 29.8 Å². The highest BCUT2D eigenvalue weighted by atomic mass is 35.5. The zero-order valence-corrected chi connectivity index (χ0v) is 12.4. The minimum absolute atomic E-state index is 0.0875. The molecule has 0 radical (unpaired) electrons. The maximum Gasteiger partial charge on any atom is 0.0621 e. The molecule has 19 heavy (non-hydrogen) atoms. The third-order valence-corrected chi connectivity index (χ3v) is 4.59. The standard InChI is InChI=1S/C15H17ClN2S/c1-11-4-2-3-5-15(11)19-10-13(17)8-12-6-7-18-9-14(12)16/h2-7,9,13H,8,10,17H2,1H3. The minimum Gasteiger partial charge on any atom is -0.327 e. The first-order chi connectivity index (χ1) is 9.16. The predicted molar refractivity (Wildman–Crippen MR) is 82.8 cm³/mol. The summed E-state index contributed by atoms with van der Waals surface area (Å²) < 4.78 is 0. The average Bonchev–Trinajstić information content (AvgIpc) is 2.40. The van der Waals surface area contributed by atoms with Crippen LogP contribution in [-0.2, 0) is 6.42 Å². The van der Waals surface area contributed by atoms with E-state index >= 15 is 0 Å². The summed E-state index contributed by atoms with van der Waals surface area (Å²) in [6.07, 6.45) is 4.20. The first-order valence-corrected chi connectivity index (χ1v) is 7.55. The Morgan fingerprint density at radius 1 is 1.32 bits per heavy atom. The number of aryl methyl sites for hydroxylation is 1. The Hall–Kier alpha value is -1.03. The normalized spacial score (nSPS) is 12.4. The van der Waals surface area contributed by atoms with E-state index in [1.807, 2.05) is 6.07 Å². The maximum atomic E-state index is 6.17. The molecule has 0 aliphatic rings. The molecule has 2 nitrogen and oxygen atoms in total. The van der Waals surface area contributed by atoms with Gasteiger partial charge in [-0.3, -0.25) is 4.98 Å². The summed E-state index contributed by atoms with van der Waals surface area (Å²) in [7, 11) is 0. The second kappa shape index (κ2) is 6.94. The topological polar surface area (TPSA) is 38.9 Å². The third-order valence-electron chi connectivity index (χ3n) is 2.89. The number of benzene rings is 1. The number of hydrogen-bond acceptors (Lipinski definition) is 3. The molecule has 2 N–H and O–H groups in total.